The third kappa shape index (κ3) is 6.49. The lowest BCUT2D eigenvalue weighted by molar-refractivity contribution is -0.384. The number of rotatable bonds is 9. The van der Waals surface area contributed by atoms with Crippen molar-refractivity contribution in [3.63, 3.8) is 0 Å². The molecule has 0 atom stereocenters. The molecule has 8 nitrogen and oxygen atoms in total. The fourth-order valence-corrected chi connectivity index (χ4v) is 3.40. The molecule has 2 amide bonds. The second kappa shape index (κ2) is 10.7. The van der Waals surface area contributed by atoms with Gasteiger partial charge in [-0.25, -0.2) is 0 Å². The number of non-ortho nitro benzene ring substituents is 1. The summed E-state index contributed by atoms with van der Waals surface area (Å²) in [5.41, 5.74) is 8.01. The Morgan fingerprint density at radius 1 is 0.941 bits per heavy atom. The summed E-state index contributed by atoms with van der Waals surface area (Å²) >= 11 is 0. The summed E-state index contributed by atoms with van der Waals surface area (Å²) in [6.07, 6.45) is 0. The summed E-state index contributed by atoms with van der Waals surface area (Å²) in [5, 5.41) is 13.5. The van der Waals surface area contributed by atoms with Gasteiger partial charge in [0.25, 0.3) is 17.5 Å². The Balaban J connectivity index is 1.71. The summed E-state index contributed by atoms with van der Waals surface area (Å²) < 4.78 is 0. The first-order valence-electron chi connectivity index (χ1n) is 10.9. The second-order valence-electron chi connectivity index (χ2n) is 8.85. The van der Waals surface area contributed by atoms with Crippen LogP contribution in [0.5, 0.6) is 0 Å². The Kier molecular flexibility index (Phi) is 7.75. The molecule has 3 rings (SSSR count). The molecule has 0 aliphatic heterocycles. The van der Waals surface area contributed by atoms with E-state index in [-0.39, 0.29) is 22.9 Å². The number of nitrogens with one attached hydrogen (secondary N) is 1. The van der Waals surface area contributed by atoms with E-state index < -0.39 is 4.92 Å². The van der Waals surface area contributed by atoms with Gasteiger partial charge in [0.05, 0.1) is 4.92 Å². The van der Waals surface area contributed by atoms with E-state index in [9.17, 15) is 19.7 Å². The average molecular weight is 461 g/mol. The van der Waals surface area contributed by atoms with Crippen LogP contribution in [-0.4, -0.2) is 34.7 Å². The number of benzene rings is 3. The van der Waals surface area contributed by atoms with Crippen LogP contribution in [0.4, 0.5) is 11.4 Å². The second-order valence-corrected chi connectivity index (χ2v) is 8.85. The van der Waals surface area contributed by atoms with Gasteiger partial charge in [-0.1, -0.05) is 44.2 Å². The third-order valence-electron chi connectivity index (χ3n) is 5.40. The lowest BCUT2D eigenvalue weighted by Gasteiger charge is -2.32. The highest BCUT2D eigenvalue weighted by Gasteiger charge is 2.25. The molecule has 3 aromatic rings. The van der Waals surface area contributed by atoms with Crippen LogP contribution in [0.2, 0.25) is 0 Å². The number of anilines is 1. The first-order valence-corrected chi connectivity index (χ1v) is 10.9. The summed E-state index contributed by atoms with van der Waals surface area (Å²) in [6.45, 7) is 5.38. The van der Waals surface area contributed by atoms with Crippen LogP contribution >= 0.6 is 0 Å². The zero-order valence-corrected chi connectivity index (χ0v) is 19.2. The van der Waals surface area contributed by atoms with E-state index in [1.165, 1.54) is 24.3 Å². The largest absolute Gasteiger partial charge is 0.334 e. The van der Waals surface area contributed by atoms with Crippen LogP contribution < -0.4 is 11.1 Å². The van der Waals surface area contributed by atoms with Crippen molar-refractivity contribution >= 4 is 23.2 Å². The van der Waals surface area contributed by atoms with Gasteiger partial charge in [0.2, 0.25) is 0 Å². The Hall–Kier alpha value is -4.04. The molecule has 3 aromatic carbocycles. The predicted molar refractivity (Wildman–Crippen MR) is 132 cm³/mol. The molecule has 0 aliphatic carbocycles. The van der Waals surface area contributed by atoms with E-state index in [1.54, 1.807) is 29.2 Å². The van der Waals surface area contributed by atoms with Crippen LogP contribution in [0.25, 0.3) is 0 Å². The average Bonchev–Trinajstić information content (AvgIpc) is 2.84. The minimum Gasteiger partial charge on any atom is -0.334 e. The topological polar surface area (TPSA) is 119 Å². The third-order valence-corrected chi connectivity index (χ3v) is 5.40. The number of nitrogens with zero attached hydrogens (tertiary/aromatic N) is 2. The molecule has 3 N–H and O–H groups in total. The number of nitro groups is 1. The van der Waals surface area contributed by atoms with Gasteiger partial charge in [-0.05, 0) is 53.9 Å². The molecular formula is C26H28N4O4. The molecule has 34 heavy (non-hydrogen) atoms. The fourth-order valence-electron chi connectivity index (χ4n) is 3.40. The monoisotopic (exact) mass is 460 g/mol. The van der Waals surface area contributed by atoms with Crippen molar-refractivity contribution in [1.29, 1.82) is 0 Å². The van der Waals surface area contributed by atoms with Gasteiger partial charge in [0.15, 0.2) is 0 Å². The Morgan fingerprint density at radius 2 is 1.56 bits per heavy atom. The Labute approximate surface area is 198 Å². The molecule has 0 saturated heterocycles. The number of amides is 2. The predicted octanol–water partition coefficient (Wildman–Crippen LogP) is 4.47. The van der Waals surface area contributed by atoms with E-state index in [1.807, 2.05) is 44.2 Å². The highest BCUT2D eigenvalue weighted by atomic mass is 16.6. The SMILES string of the molecule is CC(C)(CN)CN(Cc1ccc(NC(=O)c2ccc([N+](=O)[O-])cc2)cc1)C(=O)c1ccccc1. The number of carbonyl (C=O) groups excluding carboxylic acids is 2. The first kappa shape index (κ1) is 24.6. The molecule has 0 bridgehead atoms. The van der Waals surface area contributed by atoms with Crippen LogP contribution in [0.15, 0.2) is 78.9 Å². The maximum absolute atomic E-state index is 13.2. The molecule has 176 valence electrons. The highest BCUT2D eigenvalue weighted by Crippen LogP contribution is 2.21. The van der Waals surface area contributed by atoms with Gasteiger partial charge in [0.1, 0.15) is 0 Å². The lowest BCUT2D eigenvalue weighted by Crippen LogP contribution is -2.41. The van der Waals surface area contributed by atoms with Gasteiger partial charge in [-0.15, -0.1) is 0 Å². The maximum Gasteiger partial charge on any atom is 0.269 e. The zero-order valence-electron chi connectivity index (χ0n) is 19.2. The molecule has 0 saturated carbocycles. The van der Waals surface area contributed by atoms with E-state index in [0.717, 1.165) is 5.56 Å². The number of nitro benzene ring substituents is 1. The Morgan fingerprint density at radius 3 is 2.12 bits per heavy atom. The Bertz CT molecular complexity index is 1140. The molecule has 0 spiro atoms. The number of hydrogen-bond donors (Lipinski definition) is 2. The molecule has 0 heterocycles. The summed E-state index contributed by atoms with van der Waals surface area (Å²) in [7, 11) is 0. The summed E-state index contributed by atoms with van der Waals surface area (Å²) in [5.74, 6) is -0.439. The molecule has 8 heteroatoms. The van der Waals surface area contributed by atoms with Crippen molar-refractivity contribution in [1.82, 2.24) is 4.90 Å². The van der Waals surface area contributed by atoms with Crippen molar-refractivity contribution in [2.75, 3.05) is 18.4 Å². The molecular weight excluding hydrogens is 432 g/mol. The van der Waals surface area contributed by atoms with Gasteiger partial charge in [0, 0.05) is 42.0 Å². The fraction of sp³-hybridized carbons (Fsp3) is 0.231. The standard InChI is InChI=1S/C26H28N4O4/c1-26(2,17-27)18-29(25(32)21-6-4-3-5-7-21)16-19-8-12-22(13-9-19)28-24(31)20-10-14-23(15-11-20)30(33)34/h3-15H,16-18,27H2,1-2H3,(H,28,31). The van der Waals surface area contributed by atoms with Gasteiger partial charge >= 0.3 is 0 Å². The van der Waals surface area contributed by atoms with Crippen LogP contribution in [0, 0.1) is 15.5 Å². The van der Waals surface area contributed by atoms with E-state index >= 15 is 0 Å². The number of hydrogen-bond acceptors (Lipinski definition) is 5. The van der Waals surface area contributed by atoms with Crippen molar-refractivity contribution in [3.8, 4) is 0 Å². The van der Waals surface area contributed by atoms with Gasteiger partial charge in [-0.3, -0.25) is 19.7 Å². The molecule has 0 aromatic heterocycles. The van der Waals surface area contributed by atoms with Crippen molar-refractivity contribution in [3.05, 3.63) is 106 Å². The summed E-state index contributed by atoms with van der Waals surface area (Å²) in [4.78, 5) is 37.7. The molecule has 0 fully saturated rings. The van der Waals surface area contributed by atoms with Crippen molar-refractivity contribution < 1.29 is 14.5 Å². The van der Waals surface area contributed by atoms with Crippen LogP contribution in [0.1, 0.15) is 40.1 Å². The smallest absolute Gasteiger partial charge is 0.269 e. The van der Waals surface area contributed by atoms with Crippen LogP contribution in [0.3, 0.4) is 0 Å². The lowest BCUT2D eigenvalue weighted by atomic mass is 9.92. The highest BCUT2D eigenvalue weighted by molar-refractivity contribution is 6.04. The van der Waals surface area contributed by atoms with E-state index in [2.05, 4.69) is 5.32 Å². The summed E-state index contributed by atoms with van der Waals surface area (Å²) in [6, 6.07) is 21.8. The van der Waals surface area contributed by atoms with E-state index in [0.29, 0.717) is 36.4 Å². The van der Waals surface area contributed by atoms with Gasteiger partial charge < -0.3 is 16.0 Å². The quantitative estimate of drug-likeness (QED) is 0.361. The number of nitrogens with two attached hydrogens (primary N) is 1. The van der Waals surface area contributed by atoms with Crippen molar-refractivity contribution in [2.24, 2.45) is 11.1 Å². The zero-order chi connectivity index (χ0) is 24.7. The normalized spacial score (nSPS) is 11.0. The minimum absolute atomic E-state index is 0.0716. The molecule has 0 unspecified atom stereocenters. The van der Waals surface area contributed by atoms with E-state index in [4.69, 9.17) is 5.73 Å². The van der Waals surface area contributed by atoms with Crippen molar-refractivity contribution in [2.45, 2.75) is 20.4 Å². The van der Waals surface area contributed by atoms with Crippen LogP contribution in [-0.2, 0) is 6.54 Å². The number of carbonyl (C=O) groups is 2. The molecule has 0 radical (unpaired) electrons. The minimum atomic E-state index is -0.513. The molecule has 0 aliphatic rings. The first-order chi connectivity index (χ1) is 16.2. The maximum atomic E-state index is 13.2. The van der Waals surface area contributed by atoms with Gasteiger partial charge in [-0.2, -0.15) is 0 Å².